The van der Waals surface area contributed by atoms with E-state index in [4.69, 9.17) is 4.98 Å². The minimum absolute atomic E-state index is 0.0778. The van der Waals surface area contributed by atoms with Crippen molar-refractivity contribution in [3.05, 3.63) is 27.7 Å². The zero-order valence-electron chi connectivity index (χ0n) is 9.79. The third-order valence-electron chi connectivity index (χ3n) is 3.44. The number of hydrogen-bond acceptors (Lipinski definition) is 3. The highest BCUT2D eigenvalue weighted by molar-refractivity contribution is 9.10. The number of hydrogen-bond donors (Lipinski definition) is 1. The van der Waals surface area contributed by atoms with Gasteiger partial charge in [-0.3, -0.25) is 0 Å². The van der Waals surface area contributed by atoms with Crippen LogP contribution in [0.3, 0.4) is 0 Å². The topological polar surface area (TPSA) is 24.9 Å². The van der Waals surface area contributed by atoms with E-state index in [2.05, 4.69) is 46.4 Å². The molecule has 1 aliphatic rings. The van der Waals surface area contributed by atoms with E-state index in [1.165, 1.54) is 29.0 Å². The molecule has 0 saturated carbocycles. The monoisotopic (exact) mass is 310 g/mol. The Kier molecular flexibility index (Phi) is 2.97. The van der Waals surface area contributed by atoms with Crippen molar-refractivity contribution in [1.29, 1.82) is 0 Å². The predicted octanol–water partition coefficient (Wildman–Crippen LogP) is 4.05. The summed E-state index contributed by atoms with van der Waals surface area (Å²) >= 11 is 5.33. The average molecular weight is 311 g/mol. The maximum absolute atomic E-state index is 4.78. The van der Waals surface area contributed by atoms with E-state index in [-0.39, 0.29) is 5.54 Å². The number of nitrogens with one attached hydrogen (secondary N) is 1. The number of aromatic nitrogens is 1. The molecule has 2 aromatic rings. The maximum Gasteiger partial charge on any atom is 0.114 e. The molecule has 17 heavy (non-hydrogen) atoms. The number of fused-ring (bicyclic) bond motifs is 1. The van der Waals surface area contributed by atoms with Gasteiger partial charge in [0.15, 0.2) is 0 Å². The summed E-state index contributed by atoms with van der Waals surface area (Å²) < 4.78 is 2.39. The second kappa shape index (κ2) is 4.34. The van der Waals surface area contributed by atoms with Gasteiger partial charge in [-0.15, -0.1) is 11.3 Å². The lowest BCUT2D eigenvalue weighted by atomic mass is 9.92. The fourth-order valence-electron chi connectivity index (χ4n) is 2.37. The third-order valence-corrected chi connectivity index (χ3v) is 5.22. The molecule has 1 unspecified atom stereocenters. The van der Waals surface area contributed by atoms with E-state index < -0.39 is 0 Å². The number of rotatable bonds is 1. The van der Waals surface area contributed by atoms with Crippen molar-refractivity contribution >= 4 is 37.5 Å². The lowest BCUT2D eigenvalue weighted by Gasteiger charge is -2.32. The number of piperidine rings is 1. The molecule has 2 nitrogen and oxygen atoms in total. The second-order valence-corrected chi connectivity index (χ2v) is 6.79. The Morgan fingerprint density at radius 1 is 1.41 bits per heavy atom. The lowest BCUT2D eigenvalue weighted by molar-refractivity contribution is 0.283. The molecule has 1 N–H and O–H groups in total. The molecule has 0 bridgehead atoms. The van der Waals surface area contributed by atoms with Crippen LogP contribution in [0.2, 0.25) is 0 Å². The van der Waals surface area contributed by atoms with Crippen molar-refractivity contribution in [2.75, 3.05) is 6.54 Å². The number of thiazole rings is 1. The number of benzene rings is 1. The van der Waals surface area contributed by atoms with E-state index in [1.54, 1.807) is 0 Å². The van der Waals surface area contributed by atoms with Gasteiger partial charge in [-0.25, -0.2) is 4.98 Å². The summed E-state index contributed by atoms with van der Waals surface area (Å²) in [4.78, 5) is 4.78. The first-order valence-electron chi connectivity index (χ1n) is 5.99. The van der Waals surface area contributed by atoms with Crippen molar-refractivity contribution in [1.82, 2.24) is 10.3 Å². The summed E-state index contributed by atoms with van der Waals surface area (Å²) in [5.74, 6) is 0. The molecule has 1 fully saturated rings. The van der Waals surface area contributed by atoms with E-state index >= 15 is 0 Å². The van der Waals surface area contributed by atoms with Gasteiger partial charge in [0, 0.05) is 4.47 Å². The second-order valence-electron chi connectivity index (χ2n) is 4.85. The zero-order valence-corrected chi connectivity index (χ0v) is 12.2. The first-order chi connectivity index (χ1) is 8.17. The standard InChI is InChI=1S/C13H15BrN2S/c1-13(6-2-3-7-15-13)12-16-10-5-4-9(14)8-11(10)17-12/h4-5,8,15H,2-3,6-7H2,1H3. The molecule has 0 amide bonds. The molecular weight excluding hydrogens is 296 g/mol. The zero-order chi connectivity index (χ0) is 11.9. The molecule has 0 aliphatic carbocycles. The van der Waals surface area contributed by atoms with Gasteiger partial charge in [-0.1, -0.05) is 15.9 Å². The summed E-state index contributed by atoms with van der Waals surface area (Å²) in [7, 11) is 0. The van der Waals surface area contributed by atoms with E-state index in [0.717, 1.165) is 16.5 Å². The molecule has 4 heteroatoms. The molecule has 1 saturated heterocycles. The average Bonchev–Trinajstić information content (AvgIpc) is 2.73. The van der Waals surface area contributed by atoms with Gasteiger partial charge < -0.3 is 5.32 Å². The molecule has 1 aliphatic heterocycles. The summed E-state index contributed by atoms with van der Waals surface area (Å²) in [5.41, 5.74) is 1.19. The molecular formula is C13H15BrN2S. The Labute approximate surface area is 114 Å². The summed E-state index contributed by atoms with van der Waals surface area (Å²) in [6.45, 7) is 3.38. The Balaban J connectivity index is 2.05. The van der Waals surface area contributed by atoms with Gasteiger partial charge in [-0.2, -0.15) is 0 Å². The number of nitrogens with zero attached hydrogens (tertiary/aromatic N) is 1. The SMILES string of the molecule is CC1(c2nc3ccc(Br)cc3s2)CCCCN1. The highest BCUT2D eigenvalue weighted by Crippen LogP contribution is 2.35. The molecule has 1 aromatic heterocycles. The highest BCUT2D eigenvalue weighted by Gasteiger charge is 2.31. The normalized spacial score (nSPS) is 25.3. The Bertz CT molecular complexity index is 543. The van der Waals surface area contributed by atoms with E-state index in [1.807, 2.05) is 11.3 Å². The smallest absolute Gasteiger partial charge is 0.114 e. The summed E-state index contributed by atoms with van der Waals surface area (Å²) in [6, 6.07) is 6.30. The van der Waals surface area contributed by atoms with Crippen LogP contribution in [-0.2, 0) is 5.54 Å². The van der Waals surface area contributed by atoms with Gasteiger partial charge in [0.05, 0.1) is 15.8 Å². The lowest BCUT2D eigenvalue weighted by Crippen LogP contribution is -2.43. The van der Waals surface area contributed by atoms with Gasteiger partial charge in [0.2, 0.25) is 0 Å². The minimum atomic E-state index is 0.0778. The van der Waals surface area contributed by atoms with Gasteiger partial charge >= 0.3 is 0 Å². The fourth-order valence-corrected chi connectivity index (χ4v) is 4.04. The number of halogens is 1. The van der Waals surface area contributed by atoms with Crippen LogP contribution >= 0.6 is 27.3 Å². The van der Waals surface area contributed by atoms with Gasteiger partial charge in [0.1, 0.15) is 5.01 Å². The molecule has 90 valence electrons. The van der Waals surface area contributed by atoms with Crippen LogP contribution in [-0.4, -0.2) is 11.5 Å². The first-order valence-corrected chi connectivity index (χ1v) is 7.60. The van der Waals surface area contributed by atoms with Crippen LogP contribution in [0.5, 0.6) is 0 Å². The van der Waals surface area contributed by atoms with Crippen molar-refractivity contribution < 1.29 is 0 Å². The largest absolute Gasteiger partial charge is 0.306 e. The van der Waals surface area contributed by atoms with E-state index in [0.29, 0.717) is 0 Å². The Morgan fingerprint density at radius 2 is 2.29 bits per heavy atom. The van der Waals surface area contributed by atoms with Crippen molar-refractivity contribution in [3.8, 4) is 0 Å². The van der Waals surface area contributed by atoms with Gasteiger partial charge in [-0.05, 0) is 50.9 Å². The molecule has 0 spiro atoms. The summed E-state index contributed by atoms with van der Waals surface area (Å²) in [5, 5.41) is 4.85. The quantitative estimate of drug-likeness (QED) is 0.859. The molecule has 1 atom stereocenters. The summed E-state index contributed by atoms with van der Waals surface area (Å²) in [6.07, 6.45) is 3.77. The maximum atomic E-state index is 4.78. The Morgan fingerprint density at radius 3 is 3.06 bits per heavy atom. The van der Waals surface area contributed by atoms with Crippen LogP contribution in [0.25, 0.3) is 10.2 Å². The fraction of sp³-hybridized carbons (Fsp3) is 0.462. The van der Waals surface area contributed by atoms with Crippen molar-refractivity contribution in [2.24, 2.45) is 0 Å². The third kappa shape index (κ3) is 2.14. The van der Waals surface area contributed by atoms with E-state index in [9.17, 15) is 0 Å². The van der Waals surface area contributed by atoms with Crippen LogP contribution in [0.1, 0.15) is 31.2 Å². The minimum Gasteiger partial charge on any atom is -0.306 e. The van der Waals surface area contributed by atoms with Crippen molar-refractivity contribution in [3.63, 3.8) is 0 Å². The van der Waals surface area contributed by atoms with Crippen LogP contribution in [0, 0.1) is 0 Å². The van der Waals surface area contributed by atoms with Crippen molar-refractivity contribution in [2.45, 2.75) is 31.7 Å². The van der Waals surface area contributed by atoms with Crippen LogP contribution < -0.4 is 5.32 Å². The van der Waals surface area contributed by atoms with Crippen LogP contribution in [0.15, 0.2) is 22.7 Å². The highest BCUT2D eigenvalue weighted by atomic mass is 79.9. The molecule has 2 heterocycles. The first kappa shape index (κ1) is 11.6. The molecule has 0 radical (unpaired) electrons. The predicted molar refractivity (Wildman–Crippen MR) is 76.5 cm³/mol. The Hall–Kier alpha value is -0.450. The molecule has 1 aromatic carbocycles. The van der Waals surface area contributed by atoms with Gasteiger partial charge in [0.25, 0.3) is 0 Å². The molecule has 3 rings (SSSR count). The van der Waals surface area contributed by atoms with Crippen LogP contribution in [0.4, 0.5) is 0 Å².